The molecule has 0 N–H and O–H groups in total. The van der Waals surface area contributed by atoms with Crippen LogP contribution in [0.3, 0.4) is 0 Å². The number of carbonyl (C=O) groups is 1. The third-order valence-electron chi connectivity index (χ3n) is 2.54. The van der Waals surface area contributed by atoms with Crippen LogP contribution in [0, 0.1) is 11.3 Å². The summed E-state index contributed by atoms with van der Waals surface area (Å²) in [5.74, 6) is -0.567. The molecule has 0 spiro atoms. The summed E-state index contributed by atoms with van der Waals surface area (Å²) in [5, 5.41) is 9.75. The zero-order valence-electron chi connectivity index (χ0n) is 10.1. The molecule has 1 aliphatic rings. The molecule has 92 valence electrons. The Hall–Kier alpha value is -1.93. The second-order valence-corrected chi connectivity index (χ2v) is 4.67. The largest absolute Gasteiger partial charge is 0.462 e. The number of anilines is 1. The lowest BCUT2D eigenvalue weighted by molar-refractivity contribution is -0.138. The molecule has 0 bridgehead atoms. The summed E-state index contributed by atoms with van der Waals surface area (Å²) in [6.45, 7) is 1.98. The van der Waals surface area contributed by atoms with Gasteiger partial charge in [0.2, 0.25) is 0 Å². The topological polar surface area (TPSA) is 53.3 Å². The first-order valence-corrected chi connectivity index (χ1v) is 6.32. The molecule has 0 fully saturated rings. The van der Waals surface area contributed by atoms with E-state index in [9.17, 15) is 4.79 Å². The second kappa shape index (κ2) is 5.15. The van der Waals surface area contributed by atoms with Gasteiger partial charge in [-0.15, -0.1) is 0 Å². The van der Waals surface area contributed by atoms with E-state index in [0.717, 1.165) is 10.6 Å². The maximum absolute atomic E-state index is 11.7. The van der Waals surface area contributed by atoms with Gasteiger partial charge in [0, 0.05) is 11.9 Å². The number of nitrogens with zero attached hydrogens (tertiary/aromatic N) is 2. The zero-order chi connectivity index (χ0) is 13.1. The molecule has 2 rings (SSSR count). The minimum atomic E-state index is -0.567. The fourth-order valence-electron chi connectivity index (χ4n) is 1.71. The van der Waals surface area contributed by atoms with Crippen LogP contribution in [0.25, 0.3) is 0 Å². The minimum absolute atomic E-state index is 0.0561. The van der Waals surface area contributed by atoms with E-state index in [0.29, 0.717) is 5.03 Å². The average Bonchev–Trinajstić information content (AvgIpc) is 2.69. The standard InChI is InChI=1S/C13H12N2O2S/c1-3-17-13(16)9(8-14)12-15(2)10-6-4-5-7-11(10)18-12/h4-7H,3H2,1-2H3/b12-9-. The molecule has 0 aromatic heterocycles. The molecule has 1 aromatic carbocycles. The van der Waals surface area contributed by atoms with Crippen molar-refractivity contribution in [3.8, 4) is 6.07 Å². The fourth-order valence-corrected chi connectivity index (χ4v) is 2.84. The summed E-state index contributed by atoms with van der Waals surface area (Å²) in [6.07, 6.45) is 0. The Morgan fingerprint density at radius 3 is 2.83 bits per heavy atom. The number of hydrogen-bond donors (Lipinski definition) is 0. The number of benzene rings is 1. The highest BCUT2D eigenvalue weighted by atomic mass is 32.2. The van der Waals surface area contributed by atoms with Crippen molar-refractivity contribution < 1.29 is 9.53 Å². The Bertz CT molecular complexity index is 560. The number of carbonyl (C=O) groups excluding carboxylic acids is 1. The molecule has 0 amide bonds. The number of esters is 1. The van der Waals surface area contributed by atoms with Gasteiger partial charge < -0.3 is 9.64 Å². The van der Waals surface area contributed by atoms with Crippen LogP contribution in [0.4, 0.5) is 5.69 Å². The Morgan fingerprint density at radius 1 is 1.50 bits per heavy atom. The summed E-state index contributed by atoms with van der Waals surface area (Å²) in [7, 11) is 1.84. The highest BCUT2D eigenvalue weighted by Crippen LogP contribution is 2.45. The van der Waals surface area contributed by atoms with Crippen molar-refractivity contribution in [1.82, 2.24) is 0 Å². The molecule has 1 aliphatic heterocycles. The molecule has 4 nitrogen and oxygen atoms in total. The summed E-state index contributed by atoms with van der Waals surface area (Å²) in [5.41, 5.74) is 1.05. The predicted molar refractivity (Wildman–Crippen MR) is 70.0 cm³/mol. The van der Waals surface area contributed by atoms with Crippen molar-refractivity contribution in [2.24, 2.45) is 0 Å². The first-order valence-electron chi connectivity index (χ1n) is 5.51. The maximum atomic E-state index is 11.7. The van der Waals surface area contributed by atoms with Crippen LogP contribution in [-0.2, 0) is 9.53 Å². The fraction of sp³-hybridized carbons (Fsp3) is 0.231. The number of hydrogen-bond acceptors (Lipinski definition) is 5. The Balaban J connectivity index is 2.42. The molecule has 0 unspecified atom stereocenters. The van der Waals surface area contributed by atoms with E-state index in [1.807, 2.05) is 42.3 Å². The number of para-hydroxylation sites is 1. The van der Waals surface area contributed by atoms with Crippen molar-refractivity contribution in [3.05, 3.63) is 34.9 Å². The number of rotatable bonds is 2. The van der Waals surface area contributed by atoms with Crippen LogP contribution in [0.1, 0.15) is 6.92 Å². The summed E-state index contributed by atoms with van der Waals surface area (Å²) in [6, 6.07) is 9.71. The molecular formula is C13H12N2O2S. The third kappa shape index (κ3) is 2.07. The quantitative estimate of drug-likeness (QED) is 0.464. The van der Waals surface area contributed by atoms with Crippen molar-refractivity contribution in [2.45, 2.75) is 11.8 Å². The molecule has 0 saturated heterocycles. The average molecular weight is 260 g/mol. The monoisotopic (exact) mass is 260 g/mol. The predicted octanol–water partition coefficient (Wildman–Crippen LogP) is 2.53. The van der Waals surface area contributed by atoms with Crippen molar-refractivity contribution in [2.75, 3.05) is 18.6 Å². The number of thioether (sulfide) groups is 1. The first kappa shape index (κ1) is 12.5. The van der Waals surface area contributed by atoms with E-state index in [2.05, 4.69) is 0 Å². The zero-order valence-corrected chi connectivity index (χ0v) is 11.0. The lowest BCUT2D eigenvalue weighted by Crippen LogP contribution is -2.16. The first-order chi connectivity index (χ1) is 8.69. The SMILES string of the molecule is CCOC(=O)/C(C#N)=C1\Sc2ccccc2N1C. The third-order valence-corrected chi connectivity index (χ3v) is 3.78. The second-order valence-electron chi connectivity index (χ2n) is 3.64. The highest BCUT2D eigenvalue weighted by Gasteiger charge is 2.28. The van der Waals surface area contributed by atoms with Gasteiger partial charge in [-0.3, -0.25) is 0 Å². The smallest absolute Gasteiger partial charge is 0.351 e. The Kier molecular flexibility index (Phi) is 3.58. The summed E-state index contributed by atoms with van der Waals surface area (Å²) >= 11 is 1.41. The van der Waals surface area contributed by atoms with E-state index in [1.54, 1.807) is 6.92 Å². The maximum Gasteiger partial charge on any atom is 0.351 e. The molecule has 1 aromatic rings. The van der Waals surface area contributed by atoms with E-state index in [4.69, 9.17) is 10.00 Å². The van der Waals surface area contributed by atoms with Gasteiger partial charge in [-0.05, 0) is 19.1 Å². The van der Waals surface area contributed by atoms with Crippen LogP contribution in [0.15, 0.2) is 39.8 Å². The molecule has 18 heavy (non-hydrogen) atoms. The van der Waals surface area contributed by atoms with Gasteiger partial charge in [-0.25, -0.2) is 4.79 Å². The van der Waals surface area contributed by atoms with Crippen LogP contribution in [0.5, 0.6) is 0 Å². The van der Waals surface area contributed by atoms with E-state index in [-0.39, 0.29) is 12.2 Å². The van der Waals surface area contributed by atoms with E-state index in [1.165, 1.54) is 11.8 Å². The van der Waals surface area contributed by atoms with Gasteiger partial charge in [0.15, 0.2) is 5.57 Å². The van der Waals surface area contributed by atoms with Gasteiger partial charge in [-0.2, -0.15) is 5.26 Å². The normalized spacial score (nSPS) is 15.9. The number of nitriles is 1. The van der Waals surface area contributed by atoms with Gasteiger partial charge in [0.05, 0.1) is 12.3 Å². The molecular weight excluding hydrogens is 248 g/mol. The van der Waals surface area contributed by atoms with Crippen molar-refractivity contribution >= 4 is 23.4 Å². The van der Waals surface area contributed by atoms with Gasteiger partial charge >= 0.3 is 5.97 Å². The highest BCUT2D eigenvalue weighted by molar-refractivity contribution is 8.03. The van der Waals surface area contributed by atoms with Crippen LogP contribution in [-0.4, -0.2) is 19.6 Å². The molecule has 5 heteroatoms. The lowest BCUT2D eigenvalue weighted by atomic mass is 10.3. The van der Waals surface area contributed by atoms with Gasteiger partial charge in [-0.1, -0.05) is 23.9 Å². The van der Waals surface area contributed by atoms with Crippen molar-refractivity contribution in [3.63, 3.8) is 0 Å². The lowest BCUT2D eigenvalue weighted by Gasteiger charge is -2.14. The van der Waals surface area contributed by atoms with Crippen LogP contribution >= 0.6 is 11.8 Å². The van der Waals surface area contributed by atoms with Gasteiger partial charge in [0.25, 0.3) is 0 Å². The molecule has 0 atom stereocenters. The van der Waals surface area contributed by atoms with E-state index < -0.39 is 5.97 Å². The van der Waals surface area contributed by atoms with E-state index >= 15 is 0 Å². The summed E-state index contributed by atoms with van der Waals surface area (Å²) < 4.78 is 4.90. The molecule has 0 radical (unpaired) electrons. The van der Waals surface area contributed by atoms with Crippen molar-refractivity contribution in [1.29, 1.82) is 5.26 Å². The van der Waals surface area contributed by atoms with Crippen LogP contribution in [0.2, 0.25) is 0 Å². The molecule has 0 saturated carbocycles. The molecule has 1 heterocycles. The summed E-state index contributed by atoms with van der Waals surface area (Å²) in [4.78, 5) is 14.6. The molecule has 0 aliphatic carbocycles. The van der Waals surface area contributed by atoms with Gasteiger partial charge in [0.1, 0.15) is 11.1 Å². The Labute approximate surface area is 110 Å². The number of fused-ring (bicyclic) bond motifs is 1. The van der Waals surface area contributed by atoms with Crippen LogP contribution < -0.4 is 4.90 Å². The Morgan fingerprint density at radius 2 is 2.22 bits per heavy atom. The minimum Gasteiger partial charge on any atom is -0.462 e. The number of ether oxygens (including phenoxy) is 1.